The third-order valence-corrected chi connectivity index (χ3v) is 8.98. The predicted molar refractivity (Wildman–Crippen MR) is 122 cm³/mol. The molecule has 1 N–H and O–H groups in total. The maximum atomic E-state index is 15.2. The monoisotopic (exact) mass is 520 g/mol. The SMILES string of the molecule is CO[C@@]1(CN(C)C)CN(c2cc(F)c(S(=O)(=O)Nc3cccc(F)n3)c(F)c2Cl)[C@@H](C)C[Si]1. The number of hydrogen-bond donors (Lipinski definition) is 1. The van der Waals surface area contributed by atoms with Gasteiger partial charge in [-0.25, -0.2) is 22.2 Å². The number of rotatable bonds is 7. The van der Waals surface area contributed by atoms with Crippen LogP contribution in [0.25, 0.3) is 0 Å². The van der Waals surface area contributed by atoms with Gasteiger partial charge in [0.05, 0.1) is 20.4 Å². The van der Waals surface area contributed by atoms with Gasteiger partial charge in [0.25, 0.3) is 10.0 Å². The molecule has 1 aromatic heterocycles. The van der Waals surface area contributed by atoms with Gasteiger partial charge in [-0.15, -0.1) is 0 Å². The van der Waals surface area contributed by atoms with Gasteiger partial charge in [-0.1, -0.05) is 17.7 Å². The molecule has 0 unspecified atom stereocenters. The Kier molecular flexibility index (Phi) is 7.64. The van der Waals surface area contributed by atoms with E-state index in [2.05, 4.69) is 4.98 Å². The Bertz CT molecular complexity index is 1140. The van der Waals surface area contributed by atoms with Crippen molar-refractivity contribution in [3.8, 4) is 0 Å². The van der Waals surface area contributed by atoms with Crippen LogP contribution in [0.4, 0.5) is 24.7 Å². The van der Waals surface area contributed by atoms with Crippen molar-refractivity contribution >= 4 is 42.6 Å². The molecule has 33 heavy (non-hydrogen) atoms. The number of anilines is 2. The van der Waals surface area contributed by atoms with Crippen molar-refractivity contribution in [2.24, 2.45) is 0 Å². The minimum absolute atomic E-state index is 0.0340. The van der Waals surface area contributed by atoms with Gasteiger partial charge < -0.3 is 14.5 Å². The van der Waals surface area contributed by atoms with Gasteiger partial charge in [0.15, 0.2) is 10.7 Å². The van der Waals surface area contributed by atoms with Crippen LogP contribution in [0.1, 0.15) is 6.92 Å². The quantitative estimate of drug-likeness (QED) is 0.343. The fraction of sp³-hybridized carbons (Fsp3) is 0.450. The number of methoxy groups -OCH3 is 1. The van der Waals surface area contributed by atoms with E-state index < -0.39 is 48.6 Å². The van der Waals surface area contributed by atoms with Crippen molar-refractivity contribution in [3.05, 3.63) is 46.9 Å². The average molecular weight is 521 g/mol. The molecule has 2 heterocycles. The van der Waals surface area contributed by atoms with E-state index in [0.29, 0.717) is 28.7 Å². The molecule has 0 spiro atoms. The number of nitrogens with zero attached hydrogens (tertiary/aromatic N) is 3. The first-order chi connectivity index (χ1) is 15.4. The maximum absolute atomic E-state index is 15.2. The van der Waals surface area contributed by atoms with Crippen molar-refractivity contribution in [3.63, 3.8) is 0 Å². The standard InChI is InChI=1S/C20H24ClF3N4O3SSi/c1-12-9-33-20(31-4,10-27(2)3)11-28(12)14-8-13(22)19(18(24)17(14)21)32(29,30)26-16-7-5-6-15(23)25-16/h5-8,12H,9-11H2,1-4H3,(H,25,26)/t12-,20+/m0/s1. The summed E-state index contributed by atoms with van der Waals surface area (Å²) in [6.45, 7) is 2.80. The zero-order valence-electron chi connectivity index (χ0n) is 18.5. The first-order valence-electron chi connectivity index (χ1n) is 9.93. The number of benzene rings is 1. The fourth-order valence-corrected chi connectivity index (χ4v) is 6.95. The molecule has 0 aliphatic carbocycles. The molecule has 2 atom stereocenters. The Morgan fingerprint density at radius 2 is 2.06 bits per heavy atom. The molecule has 0 saturated carbocycles. The zero-order chi connectivity index (χ0) is 24.6. The molecule has 7 nitrogen and oxygen atoms in total. The molecule has 1 fully saturated rings. The lowest BCUT2D eigenvalue weighted by Crippen LogP contribution is -2.61. The van der Waals surface area contributed by atoms with E-state index in [1.807, 2.05) is 30.6 Å². The lowest BCUT2D eigenvalue weighted by molar-refractivity contribution is 0.0380. The van der Waals surface area contributed by atoms with Crippen LogP contribution in [-0.4, -0.2) is 73.4 Å². The molecule has 1 saturated heterocycles. The van der Waals surface area contributed by atoms with Gasteiger partial charge in [-0.2, -0.15) is 4.39 Å². The van der Waals surface area contributed by atoms with Gasteiger partial charge in [0.1, 0.15) is 16.7 Å². The first kappa shape index (κ1) is 25.8. The van der Waals surface area contributed by atoms with Crippen molar-refractivity contribution in [1.82, 2.24) is 9.88 Å². The van der Waals surface area contributed by atoms with Gasteiger partial charge in [0, 0.05) is 32.3 Å². The largest absolute Gasteiger partial charge is 0.379 e. The summed E-state index contributed by atoms with van der Waals surface area (Å²) in [6, 6.07) is 4.85. The first-order valence-corrected chi connectivity index (χ1v) is 13.0. The van der Waals surface area contributed by atoms with E-state index in [-0.39, 0.29) is 11.7 Å². The summed E-state index contributed by atoms with van der Waals surface area (Å²) in [5.74, 6) is -4.14. The third kappa shape index (κ3) is 5.45. The molecule has 180 valence electrons. The van der Waals surface area contributed by atoms with Gasteiger partial charge in [-0.3, -0.25) is 4.72 Å². The predicted octanol–water partition coefficient (Wildman–Crippen LogP) is 3.19. The number of pyridine rings is 1. The van der Waals surface area contributed by atoms with E-state index in [9.17, 15) is 12.8 Å². The van der Waals surface area contributed by atoms with Crippen LogP contribution in [0.5, 0.6) is 0 Å². The number of hydrogen-bond acceptors (Lipinski definition) is 6. The van der Waals surface area contributed by atoms with Crippen LogP contribution in [-0.2, 0) is 14.8 Å². The Morgan fingerprint density at radius 3 is 2.67 bits per heavy atom. The normalized spacial score (nSPS) is 21.5. The highest BCUT2D eigenvalue weighted by molar-refractivity contribution is 7.92. The van der Waals surface area contributed by atoms with Gasteiger partial charge >= 0.3 is 0 Å². The molecule has 2 aromatic rings. The Balaban J connectivity index is 2.01. The number of likely N-dealkylation sites (N-methyl/N-ethyl adjacent to an activating group) is 1. The Morgan fingerprint density at radius 1 is 1.36 bits per heavy atom. The number of sulfonamides is 1. The number of nitrogens with one attached hydrogen (secondary N) is 1. The highest BCUT2D eigenvalue weighted by atomic mass is 35.5. The highest BCUT2D eigenvalue weighted by Gasteiger charge is 2.41. The highest BCUT2D eigenvalue weighted by Crippen LogP contribution is 2.38. The molecule has 13 heteroatoms. The summed E-state index contributed by atoms with van der Waals surface area (Å²) in [4.78, 5) is 5.79. The molecule has 3 rings (SSSR count). The fourth-order valence-electron chi connectivity index (χ4n) is 3.75. The van der Waals surface area contributed by atoms with Crippen molar-refractivity contribution in [1.29, 1.82) is 0 Å². The Labute approximate surface area is 198 Å². The molecule has 2 radical (unpaired) electrons. The van der Waals surface area contributed by atoms with Crippen LogP contribution in [0.15, 0.2) is 29.2 Å². The molecule has 1 aliphatic heterocycles. The summed E-state index contributed by atoms with van der Waals surface area (Å²) in [5.41, 5.74) is 0.0340. The summed E-state index contributed by atoms with van der Waals surface area (Å²) in [5, 5.41) is -1.10. The molecule has 0 bridgehead atoms. The minimum Gasteiger partial charge on any atom is -0.379 e. The molecule has 0 amide bonds. The van der Waals surface area contributed by atoms with Crippen molar-refractivity contribution in [2.45, 2.75) is 29.1 Å². The summed E-state index contributed by atoms with van der Waals surface area (Å²) >= 11 is 6.25. The smallest absolute Gasteiger partial charge is 0.268 e. The van der Waals surface area contributed by atoms with Crippen LogP contribution in [0.3, 0.4) is 0 Å². The van der Waals surface area contributed by atoms with E-state index in [1.54, 1.807) is 12.0 Å². The lowest BCUT2D eigenvalue weighted by atomic mass is 10.1. The maximum Gasteiger partial charge on any atom is 0.268 e. The van der Waals surface area contributed by atoms with E-state index in [0.717, 1.165) is 18.2 Å². The topological polar surface area (TPSA) is 74.8 Å². The Hall–Kier alpha value is -1.86. The van der Waals surface area contributed by atoms with Crippen LogP contribution in [0, 0.1) is 17.6 Å². The molecule has 1 aliphatic rings. The zero-order valence-corrected chi connectivity index (χ0v) is 21.1. The third-order valence-electron chi connectivity index (χ3n) is 5.27. The average Bonchev–Trinajstić information content (AvgIpc) is 2.71. The summed E-state index contributed by atoms with van der Waals surface area (Å²) < 4.78 is 76.6. The van der Waals surface area contributed by atoms with Crippen LogP contribution >= 0.6 is 11.6 Å². The lowest BCUT2D eigenvalue weighted by Gasteiger charge is -2.47. The van der Waals surface area contributed by atoms with E-state index in [4.69, 9.17) is 16.3 Å². The van der Waals surface area contributed by atoms with E-state index >= 15 is 8.78 Å². The molecule has 1 aromatic carbocycles. The second-order valence-electron chi connectivity index (χ2n) is 8.08. The summed E-state index contributed by atoms with van der Waals surface area (Å²) in [6.07, 6.45) is 0. The van der Waals surface area contributed by atoms with Crippen LogP contribution < -0.4 is 9.62 Å². The summed E-state index contributed by atoms with van der Waals surface area (Å²) in [7, 11) is 1.07. The number of halogens is 4. The van der Waals surface area contributed by atoms with Crippen molar-refractivity contribution in [2.75, 3.05) is 43.9 Å². The molecular formula is C20H24ClF3N4O3SSi. The molecular weight excluding hydrogens is 497 g/mol. The van der Waals surface area contributed by atoms with Crippen molar-refractivity contribution < 1.29 is 26.3 Å². The number of ether oxygens (including phenoxy) is 1. The van der Waals surface area contributed by atoms with Crippen LogP contribution in [0.2, 0.25) is 11.1 Å². The minimum atomic E-state index is -4.78. The van der Waals surface area contributed by atoms with E-state index in [1.165, 1.54) is 6.07 Å². The second-order valence-corrected chi connectivity index (χ2v) is 11.7. The second kappa shape index (κ2) is 9.78. The van der Waals surface area contributed by atoms with Gasteiger partial charge in [0.2, 0.25) is 5.95 Å². The number of aromatic nitrogens is 1. The van der Waals surface area contributed by atoms with Gasteiger partial charge in [-0.05, 0) is 39.2 Å².